The molecule has 6 rings (SSSR count). The number of aryl methyl sites for hydroxylation is 2. The van der Waals surface area contributed by atoms with Crippen LogP contribution >= 0.6 is 0 Å². The number of benzene rings is 1. The van der Waals surface area contributed by atoms with Crippen molar-refractivity contribution in [3.63, 3.8) is 0 Å². The van der Waals surface area contributed by atoms with E-state index in [4.69, 9.17) is 0 Å². The maximum absolute atomic E-state index is 13.6. The van der Waals surface area contributed by atoms with E-state index in [1.165, 1.54) is 25.9 Å². The van der Waals surface area contributed by atoms with Crippen molar-refractivity contribution in [3.8, 4) is 11.3 Å². The van der Waals surface area contributed by atoms with Crippen LogP contribution in [0.1, 0.15) is 71.9 Å². The fourth-order valence-corrected chi connectivity index (χ4v) is 6.66. The SMILES string of the molecule is Cc1cc(Cc2nccn3c(-c4cn(C)nc4C(F)(F)F)cnc23)ccc1C(=O)N1CCN(C(=O)C2(C)CCCCC2)CC1. The van der Waals surface area contributed by atoms with Gasteiger partial charge >= 0.3 is 6.18 Å². The van der Waals surface area contributed by atoms with Crippen LogP contribution in [0.4, 0.5) is 13.2 Å². The van der Waals surface area contributed by atoms with Gasteiger partial charge in [-0.05, 0) is 37.0 Å². The zero-order chi connectivity index (χ0) is 31.2. The second-order valence-corrected chi connectivity index (χ2v) is 12.3. The molecule has 0 spiro atoms. The van der Waals surface area contributed by atoms with E-state index in [0.29, 0.717) is 49.5 Å². The summed E-state index contributed by atoms with van der Waals surface area (Å²) in [5.74, 6) is 0.166. The molecule has 4 heterocycles. The molecule has 1 aromatic carbocycles. The van der Waals surface area contributed by atoms with E-state index in [9.17, 15) is 22.8 Å². The summed E-state index contributed by atoms with van der Waals surface area (Å²) >= 11 is 0. The molecule has 1 aliphatic carbocycles. The second kappa shape index (κ2) is 11.4. The summed E-state index contributed by atoms with van der Waals surface area (Å²) in [5, 5.41) is 3.62. The van der Waals surface area contributed by atoms with Gasteiger partial charge in [-0.1, -0.05) is 38.3 Å². The molecule has 0 radical (unpaired) electrons. The number of piperazine rings is 1. The van der Waals surface area contributed by atoms with Gasteiger partial charge in [0.15, 0.2) is 11.3 Å². The van der Waals surface area contributed by atoms with Gasteiger partial charge in [0.1, 0.15) is 0 Å². The number of imidazole rings is 1. The van der Waals surface area contributed by atoms with Crippen LogP contribution in [0.15, 0.2) is 43.0 Å². The molecule has 3 aromatic heterocycles. The number of carbonyl (C=O) groups excluding carboxylic acids is 2. The highest BCUT2D eigenvalue weighted by molar-refractivity contribution is 5.96. The molecule has 0 unspecified atom stereocenters. The average molecular weight is 608 g/mol. The van der Waals surface area contributed by atoms with Crippen molar-refractivity contribution >= 4 is 17.5 Å². The minimum absolute atomic E-state index is 0.0555. The molecule has 232 valence electrons. The summed E-state index contributed by atoms with van der Waals surface area (Å²) in [7, 11) is 1.45. The maximum atomic E-state index is 13.6. The molecule has 44 heavy (non-hydrogen) atoms. The van der Waals surface area contributed by atoms with Crippen LogP contribution in [0.5, 0.6) is 0 Å². The topological polar surface area (TPSA) is 88.6 Å². The fraction of sp³-hybridized carbons (Fsp3) is 0.469. The van der Waals surface area contributed by atoms with E-state index >= 15 is 0 Å². The molecule has 0 N–H and O–H groups in total. The van der Waals surface area contributed by atoms with Gasteiger partial charge in [-0.25, -0.2) is 4.98 Å². The smallest absolute Gasteiger partial charge is 0.339 e. The first-order chi connectivity index (χ1) is 20.9. The Labute approximate surface area is 253 Å². The average Bonchev–Trinajstić information content (AvgIpc) is 3.61. The Balaban J connectivity index is 1.16. The van der Waals surface area contributed by atoms with E-state index in [0.717, 1.165) is 41.5 Å². The Kier molecular flexibility index (Phi) is 7.71. The first-order valence-electron chi connectivity index (χ1n) is 15.0. The molecule has 12 heteroatoms. The lowest BCUT2D eigenvalue weighted by Crippen LogP contribution is -2.54. The lowest BCUT2D eigenvalue weighted by atomic mass is 9.74. The Bertz CT molecular complexity index is 1710. The molecule has 2 aliphatic rings. The Morgan fingerprint density at radius 3 is 2.39 bits per heavy atom. The molecule has 9 nitrogen and oxygen atoms in total. The zero-order valence-electron chi connectivity index (χ0n) is 25.2. The van der Waals surface area contributed by atoms with Gasteiger partial charge in [-0.15, -0.1) is 0 Å². The molecule has 1 aliphatic heterocycles. The Morgan fingerprint density at radius 1 is 1.00 bits per heavy atom. The normalized spacial score (nSPS) is 17.3. The van der Waals surface area contributed by atoms with Gasteiger partial charge in [-0.3, -0.25) is 23.7 Å². The predicted molar refractivity (Wildman–Crippen MR) is 158 cm³/mol. The van der Waals surface area contributed by atoms with Crippen LogP contribution in [0.25, 0.3) is 16.9 Å². The number of amides is 2. The van der Waals surface area contributed by atoms with E-state index < -0.39 is 11.9 Å². The molecular weight excluding hydrogens is 571 g/mol. The van der Waals surface area contributed by atoms with Gasteiger partial charge in [-0.2, -0.15) is 18.3 Å². The molecule has 1 saturated heterocycles. The highest BCUT2D eigenvalue weighted by atomic mass is 19.4. The maximum Gasteiger partial charge on any atom is 0.435 e. The van der Waals surface area contributed by atoms with E-state index in [-0.39, 0.29) is 28.5 Å². The second-order valence-electron chi connectivity index (χ2n) is 12.3. The summed E-state index contributed by atoms with van der Waals surface area (Å²) in [6.07, 6.45) is 6.90. The number of aromatic nitrogens is 5. The van der Waals surface area contributed by atoms with Gasteiger partial charge < -0.3 is 9.80 Å². The van der Waals surface area contributed by atoms with Crippen molar-refractivity contribution in [2.75, 3.05) is 26.2 Å². The number of fused-ring (bicyclic) bond motifs is 1. The molecular formula is C32H36F3N7O2. The first-order valence-corrected chi connectivity index (χ1v) is 15.0. The monoisotopic (exact) mass is 607 g/mol. The fourth-order valence-electron chi connectivity index (χ4n) is 6.66. The van der Waals surface area contributed by atoms with Gasteiger partial charge in [0.25, 0.3) is 5.91 Å². The van der Waals surface area contributed by atoms with Crippen molar-refractivity contribution < 1.29 is 22.8 Å². The number of hydrogen-bond acceptors (Lipinski definition) is 5. The van der Waals surface area contributed by atoms with Crippen molar-refractivity contribution in [2.24, 2.45) is 12.5 Å². The number of alkyl halides is 3. The summed E-state index contributed by atoms with van der Waals surface area (Å²) in [5.41, 5.74) is 2.35. The molecule has 1 saturated carbocycles. The van der Waals surface area contributed by atoms with Crippen molar-refractivity contribution in [3.05, 3.63) is 71.1 Å². The van der Waals surface area contributed by atoms with Crippen LogP contribution < -0.4 is 0 Å². The summed E-state index contributed by atoms with van der Waals surface area (Å²) < 4.78 is 43.7. The molecule has 4 aromatic rings. The minimum Gasteiger partial charge on any atom is -0.339 e. The Hall–Kier alpha value is -4.22. The van der Waals surface area contributed by atoms with Crippen molar-refractivity contribution in [1.82, 2.24) is 33.9 Å². The number of rotatable bonds is 5. The highest BCUT2D eigenvalue weighted by Gasteiger charge is 2.39. The molecule has 0 bridgehead atoms. The third-order valence-electron chi connectivity index (χ3n) is 9.09. The minimum atomic E-state index is -4.61. The van der Waals surface area contributed by atoms with Crippen LogP contribution in [0, 0.1) is 12.3 Å². The molecule has 0 atom stereocenters. The number of halogens is 3. The van der Waals surface area contributed by atoms with E-state index in [2.05, 4.69) is 22.0 Å². The first kappa shape index (κ1) is 29.8. The van der Waals surface area contributed by atoms with Crippen LogP contribution in [0.3, 0.4) is 0 Å². The number of carbonyl (C=O) groups is 2. The lowest BCUT2D eigenvalue weighted by molar-refractivity contribution is -0.144. The zero-order valence-corrected chi connectivity index (χ0v) is 25.2. The van der Waals surface area contributed by atoms with Crippen molar-refractivity contribution in [1.29, 1.82) is 0 Å². The molecule has 2 amide bonds. The summed E-state index contributed by atoms with van der Waals surface area (Å²) in [6, 6.07) is 5.63. The summed E-state index contributed by atoms with van der Waals surface area (Å²) in [4.78, 5) is 39.3. The number of hydrogen-bond donors (Lipinski definition) is 0. The Morgan fingerprint density at radius 2 is 1.70 bits per heavy atom. The van der Waals surface area contributed by atoms with Gasteiger partial charge in [0.05, 0.1) is 23.1 Å². The van der Waals surface area contributed by atoms with Gasteiger partial charge in [0, 0.05) is 69.2 Å². The van der Waals surface area contributed by atoms with E-state index in [1.54, 1.807) is 16.8 Å². The largest absolute Gasteiger partial charge is 0.435 e. The highest BCUT2D eigenvalue weighted by Crippen LogP contribution is 2.38. The predicted octanol–water partition coefficient (Wildman–Crippen LogP) is 5.30. The third kappa shape index (κ3) is 5.57. The lowest BCUT2D eigenvalue weighted by Gasteiger charge is -2.41. The van der Waals surface area contributed by atoms with Crippen LogP contribution in [0.2, 0.25) is 0 Å². The van der Waals surface area contributed by atoms with Gasteiger partial charge in [0.2, 0.25) is 5.91 Å². The van der Waals surface area contributed by atoms with Crippen molar-refractivity contribution in [2.45, 2.75) is 58.5 Å². The quantitative estimate of drug-likeness (QED) is 0.307. The van der Waals surface area contributed by atoms with E-state index in [1.807, 2.05) is 34.9 Å². The van der Waals surface area contributed by atoms with Crippen LogP contribution in [-0.2, 0) is 24.4 Å². The van der Waals surface area contributed by atoms with Crippen LogP contribution in [-0.4, -0.2) is 71.9 Å². The standard InChI is InChI=1S/C32H36F3N7O2/c1-21-17-22(7-8-23(21)29(43)40-13-15-41(16-14-40)30(44)31(2)9-5-4-6-10-31)18-25-28-37-19-26(42(28)12-11-36-25)24-20-39(3)38-27(24)32(33,34)35/h7-8,11-12,17,19-20H,4-6,9-10,13-16,18H2,1-3H3. The third-order valence-corrected chi connectivity index (χ3v) is 9.09. The summed E-state index contributed by atoms with van der Waals surface area (Å²) in [6.45, 7) is 6.07. The number of nitrogens with zero attached hydrogens (tertiary/aromatic N) is 7. The molecule has 2 fully saturated rings.